The van der Waals surface area contributed by atoms with Crippen molar-refractivity contribution in [2.24, 2.45) is 5.92 Å². The molecule has 0 saturated heterocycles. The molecule has 1 heterocycles. The van der Waals surface area contributed by atoms with Crippen LogP contribution < -0.4 is 5.56 Å². The first-order chi connectivity index (χ1) is 12.1. The van der Waals surface area contributed by atoms with Gasteiger partial charge >= 0.3 is 0 Å². The number of aromatic amines is 1. The molecule has 2 aromatic carbocycles. The number of nitrogens with one attached hydrogen (secondary N) is 1. The Kier molecular flexibility index (Phi) is 3.68. The third kappa shape index (κ3) is 2.45. The molecule has 2 unspecified atom stereocenters. The van der Waals surface area contributed by atoms with Crippen LogP contribution in [0.25, 0.3) is 10.9 Å². The Morgan fingerprint density at radius 2 is 1.80 bits per heavy atom. The number of ketones is 1. The molecule has 4 rings (SSSR count). The van der Waals surface area contributed by atoms with Crippen LogP contribution in [0.15, 0.2) is 53.3 Å². The molecule has 0 radical (unpaired) electrons. The van der Waals surface area contributed by atoms with Crippen molar-refractivity contribution in [1.82, 2.24) is 4.98 Å². The first kappa shape index (κ1) is 15.6. The smallest absolute Gasteiger partial charge is 0.255 e. The Morgan fingerprint density at radius 1 is 1.08 bits per heavy atom. The maximum atomic E-state index is 12.9. The van der Waals surface area contributed by atoms with Gasteiger partial charge in [0, 0.05) is 22.8 Å². The number of carbonyl (C=O) groups is 1. The van der Waals surface area contributed by atoms with Crippen LogP contribution in [0, 0.1) is 5.92 Å². The molecule has 1 aromatic heterocycles. The molecule has 1 aliphatic rings. The van der Waals surface area contributed by atoms with Crippen molar-refractivity contribution in [2.75, 3.05) is 0 Å². The zero-order valence-electron chi connectivity index (χ0n) is 14.0. The Morgan fingerprint density at radius 3 is 2.64 bits per heavy atom. The third-order valence-corrected chi connectivity index (χ3v) is 5.33. The lowest BCUT2D eigenvalue weighted by molar-refractivity contribution is 0.0883. The Hall–Kier alpha value is -2.88. The molecular formula is C21H19NO3. The molecule has 2 N–H and O–H groups in total. The number of carbonyl (C=O) groups excluding carboxylic acids is 1. The molecular weight excluding hydrogens is 314 g/mol. The molecule has 2 atom stereocenters. The lowest BCUT2D eigenvalue weighted by atomic mass is 9.74. The fourth-order valence-electron chi connectivity index (χ4n) is 3.96. The standard InChI is InChI=1S/C21H19NO3/c1-12(14-11-10-13-6-2-3-7-15(13)19(14)23)18-20(24)16-8-4-5-9-17(16)22-21(18)25/h2-9,12,14H,10-11H2,1H3,(H2,22,24,25). The van der Waals surface area contributed by atoms with E-state index in [1.54, 1.807) is 12.1 Å². The minimum absolute atomic E-state index is 0.0153. The van der Waals surface area contributed by atoms with Crippen molar-refractivity contribution in [1.29, 1.82) is 0 Å². The van der Waals surface area contributed by atoms with Crippen molar-refractivity contribution in [3.8, 4) is 5.75 Å². The molecule has 0 bridgehead atoms. The molecule has 0 spiro atoms. The molecule has 0 amide bonds. The number of fused-ring (bicyclic) bond motifs is 2. The molecule has 0 saturated carbocycles. The highest BCUT2D eigenvalue weighted by Crippen LogP contribution is 2.38. The van der Waals surface area contributed by atoms with Crippen LogP contribution in [-0.4, -0.2) is 15.9 Å². The van der Waals surface area contributed by atoms with Gasteiger partial charge in [-0.15, -0.1) is 0 Å². The fraction of sp³-hybridized carbons (Fsp3) is 0.238. The number of aromatic hydroxyl groups is 1. The highest BCUT2D eigenvalue weighted by Gasteiger charge is 2.34. The monoisotopic (exact) mass is 333 g/mol. The van der Waals surface area contributed by atoms with E-state index in [9.17, 15) is 14.7 Å². The van der Waals surface area contributed by atoms with Gasteiger partial charge in [0.1, 0.15) is 5.75 Å². The van der Waals surface area contributed by atoms with Crippen LogP contribution in [-0.2, 0) is 6.42 Å². The van der Waals surface area contributed by atoms with Gasteiger partial charge in [-0.2, -0.15) is 0 Å². The van der Waals surface area contributed by atoms with Gasteiger partial charge in [0.25, 0.3) is 5.56 Å². The number of hydrogen-bond donors (Lipinski definition) is 2. The van der Waals surface area contributed by atoms with Crippen LogP contribution in [0.5, 0.6) is 5.75 Å². The van der Waals surface area contributed by atoms with Gasteiger partial charge in [-0.05, 0) is 30.5 Å². The van der Waals surface area contributed by atoms with E-state index >= 15 is 0 Å². The number of aromatic nitrogens is 1. The Bertz CT molecular complexity index is 1030. The Labute approximate surface area is 145 Å². The highest BCUT2D eigenvalue weighted by molar-refractivity contribution is 6.01. The average molecular weight is 333 g/mol. The second-order valence-corrected chi connectivity index (χ2v) is 6.72. The minimum atomic E-state index is -0.353. The maximum Gasteiger partial charge on any atom is 0.255 e. The lowest BCUT2D eigenvalue weighted by Crippen LogP contribution is -2.30. The van der Waals surface area contributed by atoms with Gasteiger partial charge in [-0.1, -0.05) is 43.3 Å². The van der Waals surface area contributed by atoms with E-state index in [0.717, 1.165) is 17.5 Å². The summed E-state index contributed by atoms with van der Waals surface area (Å²) in [5, 5.41) is 11.3. The fourth-order valence-corrected chi connectivity index (χ4v) is 3.96. The van der Waals surface area contributed by atoms with Crippen LogP contribution in [0.1, 0.15) is 40.7 Å². The third-order valence-electron chi connectivity index (χ3n) is 5.33. The molecule has 1 aliphatic carbocycles. The van der Waals surface area contributed by atoms with Crippen LogP contribution in [0.2, 0.25) is 0 Å². The summed E-state index contributed by atoms with van der Waals surface area (Å²) < 4.78 is 0. The SMILES string of the molecule is CC(c1c(O)c2ccccc2[nH]c1=O)C1CCc2ccccc2C1=O. The average Bonchev–Trinajstić information content (AvgIpc) is 2.62. The van der Waals surface area contributed by atoms with Gasteiger partial charge in [-0.3, -0.25) is 9.59 Å². The summed E-state index contributed by atoms with van der Waals surface area (Å²) in [6, 6.07) is 14.8. The first-order valence-corrected chi connectivity index (χ1v) is 8.54. The number of aryl methyl sites for hydroxylation is 1. The van der Waals surface area contributed by atoms with Crippen molar-refractivity contribution in [3.63, 3.8) is 0 Å². The molecule has 0 fully saturated rings. The topological polar surface area (TPSA) is 70.2 Å². The zero-order valence-corrected chi connectivity index (χ0v) is 14.0. The van der Waals surface area contributed by atoms with E-state index in [1.165, 1.54) is 0 Å². The number of hydrogen-bond acceptors (Lipinski definition) is 3. The molecule has 25 heavy (non-hydrogen) atoms. The predicted molar refractivity (Wildman–Crippen MR) is 97.2 cm³/mol. The largest absolute Gasteiger partial charge is 0.507 e. The van der Waals surface area contributed by atoms with Crippen molar-refractivity contribution in [3.05, 3.63) is 75.6 Å². The Balaban J connectivity index is 1.80. The van der Waals surface area contributed by atoms with Gasteiger partial charge in [-0.25, -0.2) is 0 Å². The number of rotatable bonds is 2. The van der Waals surface area contributed by atoms with E-state index in [0.29, 0.717) is 22.9 Å². The molecule has 4 nitrogen and oxygen atoms in total. The predicted octanol–water partition coefficient (Wildman–Crippen LogP) is 3.78. The number of H-pyrrole nitrogens is 1. The number of Topliss-reactive ketones (excluding diaryl/α,β-unsaturated/α-hetero) is 1. The van der Waals surface area contributed by atoms with Gasteiger partial charge in [0.15, 0.2) is 5.78 Å². The first-order valence-electron chi connectivity index (χ1n) is 8.54. The van der Waals surface area contributed by atoms with Gasteiger partial charge in [0.05, 0.1) is 11.1 Å². The highest BCUT2D eigenvalue weighted by atomic mass is 16.3. The lowest BCUT2D eigenvalue weighted by Gasteiger charge is -2.28. The quantitative estimate of drug-likeness (QED) is 0.750. The van der Waals surface area contributed by atoms with Crippen LogP contribution in [0.3, 0.4) is 0 Å². The maximum absolute atomic E-state index is 12.9. The normalized spacial score (nSPS) is 18.1. The molecule has 0 aliphatic heterocycles. The van der Waals surface area contributed by atoms with E-state index in [1.807, 2.05) is 43.3 Å². The molecule has 3 aromatic rings. The zero-order chi connectivity index (χ0) is 17.6. The van der Waals surface area contributed by atoms with Crippen molar-refractivity contribution >= 4 is 16.7 Å². The van der Waals surface area contributed by atoms with Crippen LogP contribution in [0.4, 0.5) is 0 Å². The van der Waals surface area contributed by atoms with E-state index < -0.39 is 0 Å². The van der Waals surface area contributed by atoms with Gasteiger partial charge in [0.2, 0.25) is 0 Å². The summed E-state index contributed by atoms with van der Waals surface area (Å²) in [4.78, 5) is 28.3. The number of para-hydroxylation sites is 1. The number of benzene rings is 2. The summed E-state index contributed by atoms with van der Waals surface area (Å²) in [6.07, 6.45) is 1.49. The summed E-state index contributed by atoms with van der Waals surface area (Å²) in [7, 11) is 0. The van der Waals surface area contributed by atoms with E-state index in [4.69, 9.17) is 0 Å². The van der Waals surface area contributed by atoms with E-state index in [2.05, 4.69) is 4.98 Å². The number of pyridine rings is 1. The van der Waals surface area contributed by atoms with E-state index in [-0.39, 0.29) is 28.9 Å². The summed E-state index contributed by atoms with van der Waals surface area (Å²) in [5.41, 5.74) is 2.38. The minimum Gasteiger partial charge on any atom is -0.507 e. The molecule has 4 heteroatoms. The summed E-state index contributed by atoms with van der Waals surface area (Å²) >= 11 is 0. The van der Waals surface area contributed by atoms with Crippen molar-refractivity contribution in [2.45, 2.75) is 25.7 Å². The van der Waals surface area contributed by atoms with Crippen molar-refractivity contribution < 1.29 is 9.90 Å². The summed E-state index contributed by atoms with van der Waals surface area (Å²) in [5.74, 6) is -0.614. The summed E-state index contributed by atoms with van der Waals surface area (Å²) in [6.45, 7) is 1.86. The second kappa shape index (κ2) is 5.88. The second-order valence-electron chi connectivity index (χ2n) is 6.72. The van der Waals surface area contributed by atoms with Gasteiger partial charge < -0.3 is 10.1 Å². The molecule has 126 valence electrons. The van der Waals surface area contributed by atoms with Crippen LogP contribution >= 0.6 is 0 Å².